The molecule has 0 radical (unpaired) electrons. The van der Waals surface area contributed by atoms with Gasteiger partial charge < -0.3 is 9.84 Å². The van der Waals surface area contributed by atoms with E-state index in [1.54, 1.807) is 12.1 Å². The third kappa shape index (κ3) is 1.82. The van der Waals surface area contributed by atoms with E-state index in [4.69, 9.17) is 9.84 Å². The first-order chi connectivity index (χ1) is 7.58. The van der Waals surface area contributed by atoms with Crippen molar-refractivity contribution in [2.24, 2.45) is 0 Å². The number of hydrogen-bond donors (Lipinski definition) is 1. The molecule has 0 saturated carbocycles. The van der Waals surface area contributed by atoms with Gasteiger partial charge in [-0.15, -0.1) is 0 Å². The number of ketones is 1. The normalized spacial score (nSPS) is 16.8. The number of carbonyl (C=O) groups excluding carboxylic acids is 1. The molecule has 2 rings (SSSR count). The quantitative estimate of drug-likeness (QED) is 0.727. The summed E-state index contributed by atoms with van der Waals surface area (Å²) in [6.45, 7) is 1.88. The summed E-state index contributed by atoms with van der Waals surface area (Å²) in [5.41, 5.74) is 1.54. The third-order valence-electron chi connectivity index (χ3n) is 2.35. The molecule has 0 aromatic heterocycles. The minimum Gasteiger partial charge on any atom is -0.488 e. The molecule has 1 aliphatic heterocycles. The molecule has 0 atom stereocenters. The molecule has 0 saturated heterocycles. The average Bonchev–Trinajstić information content (AvgIpc) is 2.22. The lowest BCUT2D eigenvalue weighted by Gasteiger charge is -2.18. The standard InChI is InChI=1S/C12H10O4/c1-7-2-3-10-9(4-7)12(15)8(6-16-10)5-11(13)14/h2-5H,6H2,1H3,(H,13,14). The fourth-order valence-corrected chi connectivity index (χ4v) is 1.60. The number of hydrogen-bond acceptors (Lipinski definition) is 3. The number of Topliss-reactive ketones (excluding diaryl/α,β-unsaturated/α-hetero) is 1. The monoisotopic (exact) mass is 218 g/mol. The molecule has 16 heavy (non-hydrogen) atoms. The van der Waals surface area contributed by atoms with Gasteiger partial charge in [0.2, 0.25) is 0 Å². The molecule has 1 aromatic carbocycles. The molecule has 0 amide bonds. The first-order valence-electron chi connectivity index (χ1n) is 4.79. The first-order valence-corrected chi connectivity index (χ1v) is 4.79. The highest BCUT2D eigenvalue weighted by Crippen LogP contribution is 2.27. The van der Waals surface area contributed by atoms with Crippen molar-refractivity contribution in [3.8, 4) is 5.75 Å². The van der Waals surface area contributed by atoms with Gasteiger partial charge in [-0.3, -0.25) is 4.79 Å². The number of aryl methyl sites for hydroxylation is 1. The third-order valence-corrected chi connectivity index (χ3v) is 2.35. The fraction of sp³-hybridized carbons (Fsp3) is 0.167. The van der Waals surface area contributed by atoms with Crippen LogP contribution in [0.3, 0.4) is 0 Å². The van der Waals surface area contributed by atoms with Crippen molar-refractivity contribution < 1.29 is 19.4 Å². The van der Waals surface area contributed by atoms with Crippen LogP contribution >= 0.6 is 0 Å². The Kier molecular flexibility index (Phi) is 2.48. The Hall–Kier alpha value is -2.10. The highest BCUT2D eigenvalue weighted by Gasteiger charge is 2.23. The second kappa shape index (κ2) is 3.81. The van der Waals surface area contributed by atoms with Crippen LogP contribution in [0.4, 0.5) is 0 Å². The average molecular weight is 218 g/mol. The summed E-state index contributed by atoms with van der Waals surface area (Å²) in [7, 11) is 0. The molecule has 0 unspecified atom stereocenters. The summed E-state index contributed by atoms with van der Waals surface area (Å²) >= 11 is 0. The van der Waals surface area contributed by atoms with Crippen LogP contribution in [0, 0.1) is 6.92 Å². The SMILES string of the molecule is Cc1ccc2c(c1)C(=O)C(=CC(=O)O)CO2. The van der Waals surface area contributed by atoms with Gasteiger partial charge in [-0.05, 0) is 19.1 Å². The van der Waals surface area contributed by atoms with Crippen molar-refractivity contribution >= 4 is 11.8 Å². The smallest absolute Gasteiger partial charge is 0.328 e. The fourth-order valence-electron chi connectivity index (χ4n) is 1.60. The first kappa shape index (κ1) is 10.4. The lowest BCUT2D eigenvalue weighted by Crippen LogP contribution is -2.20. The maximum absolute atomic E-state index is 11.9. The number of aliphatic carboxylic acids is 1. The molecule has 0 bridgehead atoms. The van der Waals surface area contributed by atoms with Gasteiger partial charge in [-0.25, -0.2) is 4.79 Å². The number of benzene rings is 1. The molecule has 0 spiro atoms. The summed E-state index contributed by atoms with van der Waals surface area (Å²) in [6, 6.07) is 5.27. The van der Waals surface area contributed by atoms with E-state index < -0.39 is 5.97 Å². The maximum atomic E-state index is 11.9. The van der Waals surface area contributed by atoms with E-state index in [2.05, 4.69) is 0 Å². The Morgan fingerprint density at radius 3 is 2.94 bits per heavy atom. The summed E-state index contributed by atoms with van der Waals surface area (Å²) in [5, 5.41) is 8.60. The van der Waals surface area contributed by atoms with E-state index in [1.807, 2.05) is 13.0 Å². The maximum Gasteiger partial charge on any atom is 0.328 e. The van der Waals surface area contributed by atoms with E-state index in [1.165, 1.54) is 0 Å². The van der Waals surface area contributed by atoms with Crippen molar-refractivity contribution in [2.45, 2.75) is 6.92 Å². The van der Waals surface area contributed by atoms with Crippen LogP contribution in [-0.4, -0.2) is 23.5 Å². The molecular weight excluding hydrogens is 208 g/mol. The second-order valence-corrected chi connectivity index (χ2v) is 3.63. The van der Waals surface area contributed by atoms with Crippen LogP contribution in [0.5, 0.6) is 5.75 Å². The predicted molar refractivity (Wildman–Crippen MR) is 56.7 cm³/mol. The van der Waals surface area contributed by atoms with Crippen LogP contribution < -0.4 is 4.74 Å². The van der Waals surface area contributed by atoms with Gasteiger partial charge in [-0.2, -0.15) is 0 Å². The van der Waals surface area contributed by atoms with E-state index >= 15 is 0 Å². The van der Waals surface area contributed by atoms with E-state index in [9.17, 15) is 9.59 Å². The van der Waals surface area contributed by atoms with Crippen molar-refractivity contribution in [2.75, 3.05) is 6.61 Å². The van der Waals surface area contributed by atoms with Gasteiger partial charge in [0.05, 0.1) is 5.56 Å². The highest BCUT2D eigenvalue weighted by atomic mass is 16.5. The lowest BCUT2D eigenvalue weighted by molar-refractivity contribution is -0.131. The highest BCUT2D eigenvalue weighted by molar-refractivity contribution is 6.13. The number of ether oxygens (including phenoxy) is 1. The Labute approximate surface area is 92.2 Å². The van der Waals surface area contributed by atoms with Crippen LogP contribution in [-0.2, 0) is 4.79 Å². The number of carboxylic acids is 1. The molecule has 0 fully saturated rings. The molecule has 1 aromatic rings. The predicted octanol–water partition coefficient (Wildman–Crippen LogP) is 1.58. The van der Waals surface area contributed by atoms with Crippen molar-refractivity contribution in [3.05, 3.63) is 41.0 Å². The molecule has 4 heteroatoms. The minimum absolute atomic E-state index is 0.0151. The zero-order chi connectivity index (χ0) is 11.7. The Morgan fingerprint density at radius 2 is 2.25 bits per heavy atom. The Balaban J connectivity index is 2.46. The van der Waals surface area contributed by atoms with E-state index in [0.29, 0.717) is 11.3 Å². The Bertz CT molecular complexity index is 500. The summed E-state index contributed by atoms with van der Waals surface area (Å²) in [4.78, 5) is 22.4. The number of carbonyl (C=O) groups is 2. The van der Waals surface area contributed by atoms with Crippen LogP contribution in [0.15, 0.2) is 29.8 Å². The summed E-state index contributed by atoms with van der Waals surface area (Å²) in [6.07, 6.45) is 0.896. The molecule has 82 valence electrons. The van der Waals surface area contributed by atoms with Crippen LogP contribution in [0.2, 0.25) is 0 Å². The van der Waals surface area contributed by atoms with Crippen molar-refractivity contribution in [1.29, 1.82) is 0 Å². The van der Waals surface area contributed by atoms with Crippen molar-refractivity contribution in [3.63, 3.8) is 0 Å². The molecule has 0 aliphatic carbocycles. The summed E-state index contributed by atoms with van der Waals surface area (Å²) < 4.78 is 5.31. The van der Waals surface area contributed by atoms with Gasteiger partial charge >= 0.3 is 5.97 Å². The van der Waals surface area contributed by atoms with Gasteiger partial charge in [0.1, 0.15) is 12.4 Å². The summed E-state index contributed by atoms with van der Waals surface area (Å²) in [5.74, 6) is -0.895. The second-order valence-electron chi connectivity index (χ2n) is 3.63. The number of rotatable bonds is 1. The van der Waals surface area contributed by atoms with Gasteiger partial charge in [0, 0.05) is 11.6 Å². The largest absolute Gasteiger partial charge is 0.488 e. The van der Waals surface area contributed by atoms with Crippen LogP contribution in [0.1, 0.15) is 15.9 Å². The van der Waals surface area contributed by atoms with Gasteiger partial charge in [0.25, 0.3) is 0 Å². The van der Waals surface area contributed by atoms with Gasteiger partial charge in [0.15, 0.2) is 5.78 Å². The Morgan fingerprint density at radius 1 is 1.50 bits per heavy atom. The zero-order valence-electron chi connectivity index (χ0n) is 8.69. The topological polar surface area (TPSA) is 63.6 Å². The zero-order valence-corrected chi connectivity index (χ0v) is 8.69. The molecule has 1 aliphatic rings. The molecule has 1 N–H and O–H groups in total. The van der Waals surface area contributed by atoms with E-state index in [0.717, 1.165) is 11.6 Å². The number of carboxylic acid groups (broad SMARTS) is 1. The minimum atomic E-state index is -1.14. The molecular formula is C12H10O4. The molecule has 4 nitrogen and oxygen atoms in total. The van der Waals surface area contributed by atoms with Crippen LogP contribution in [0.25, 0.3) is 0 Å². The van der Waals surface area contributed by atoms with E-state index in [-0.39, 0.29) is 18.0 Å². The lowest BCUT2D eigenvalue weighted by atomic mass is 9.98. The number of fused-ring (bicyclic) bond motifs is 1. The van der Waals surface area contributed by atoms with Crippen molar-refractivity contribution in [1.82, 2.24) is 0 Å². The van der Waals surface area contributed by atoms with Gasteiger partial charge in [-0.1, -0.05) is 11.6 Å². The molecule has 1 heterocycles.